The van der Waals surface area contributed by atoms with Gasteiger partial charge in [0, 0.05) is 6.20 Å². The van der Waals surface area contributed by atoms with Crippen molar-refractivity contribution >= 4 is 11.1 Å². The summed E-state index contributed by atoms with van der Waals surface area (Å²) in [7, 11) is 0. The van der Waals surface area contributed by atoms with Crippen molar-refractivity contribution in [3.8, 4) is 0 Å². The smallest absolute Gasteiger partial charge is 0.229 e. The van der Waals surface area contributed by atoms with Crippen LogP contribution in [0.1, 0.15) is 5.82 Å². The molecule has 0 aliphatic carbocycles. The second-order valence-corrected chi connectivity index (χ2v) is 2.10. The second kappa shape index (κ2) is 1.80. The number of aromatic nitrogens is 2. The first-order valence-electron chi connectivity index (χ1n) is 3.03. The van der Waals surface area contributed by atoms with E-state index in [-0.39, 0.29) is 0 Å². The van der Waals surface area contributed by atoms with Crippen molar-refractivity contribution < 1.29 is 4.42 Å². The van der Waals surface area contributed by atoms with Gasteiger partial charge in [-0.25, -0.2) is 4.98 Å². The molecule has 0 unspecified atom stereocenters. The first kappa shape index (κ1) is 5.41. The maximum absolute atomic E-state index is 5.05. The zero-order chi connectivity index (χ0) is 6.97. The van der Waals surface area contributed by atoms with Gasteiger partial charge in [0.1, 0.15) is 5.82 Å². The van der Waals surface area contributed by atoms with Crippen LogP contribution in [0.5, 0.6) is 0 Å². The SMILES string of the molecule is Cc1ncc2ccoc2n1. The fourth-order valence-corrected chi connectivity index (χ4v) is 0.839. The highest BCUT2D eigenvalue weighted by atomic mass is 16.3. The largest absolute Gasteiger partial charge is 0.446 e. The summed E-state index contributed by atoms with van der Waals surface area (Å²) in [6, 6.07) is 1.84. The maximum Gasteiger partial charge on any atom is 0.229 e. The number of rotatable bonds is 0. The van der Waals surface area contributed by atoms with Gasteiger partial charge in [0.25, 0.3) is 0 Å². The molecule has 2 aromatic heterocycles. The van der Waals surface area contributed by atoms with Crippen molar-refractivity contribution in [2.45, 2.75) is 6.92 Å². The van der Waals surface area contributed by atoms with Crippen molar-refractivity contribution in [3.05, 3.63) is 24.4 Å². The van der Waals surface area contributed by atoms with Crippen LogP contribution in [-0.4, -0.2) is 9.97 Å². The van der Waals surface area contributed by atoms with Crippen LogP contribution in [0, 0.1) is 6.92 Å². The van der Waals surface area contributed by atoms with E-state index in [2.05, 4.69) is 9.97 Å². The normalized spacial score (nSPS) is 10.5. The number of hydrogen-bond acceptors (Lipinski definition) is 3. The second-order valence-electron chi connectivity index (χ2n) is 2.10. The minimum atomic E-state index is 0.660. The fourth-order valence-electron chi connectivity index (χ4n) is 0.839. The summed E-state index contributed by atoms with van der Waals surface area (Å²) < 4.78 is 5.05. The number of aryl methyl sites for hydroxylation is 1. The van der Waals surface area contributed by atoms with E-state index < -0.39 is 0 Å². The molecule has 0 N–H and O–H groups in total. The van der Waals surface area contributed by atoms with Crippen LogP contribution in [-0.2, 0) is 0 Å². The summed E-state index contributed by atoms with van der Waals surface area (Å²) in [5.41, 5.74) is 0.660. The molecule has 0 saturated carbocycles. The molecule has 0 aliphatic rings. The van der Waals surface area contributed by atoms with Crippen LogP contribution in [0.25, 0.3) is 11.1 Å². The van der Waals surface area contributed by atoms with E-state index >= 15 is 0 Å². The van der Waals surface area contributed by atoms with Crippen molar-refractivity contribution in [2.75, 3.05) is 0 Å². The Kier molecular flexibility index (Phi) is 0.974. The lowest BCUT2D eigenvalue weighted by Gasteiger charge is -1.87. The lowest BCUT2D eigenvalue weighted by molar-refractivity contribution is 0.601. The Morgan fingerprint density at radius 2 is 2.40 bits per heavy atom. The van der Waals surface area contributed by atoms with Gasteiger partial charge in [-0.05, 0) is 13.0 Å². The predicted molar refractivity (Wildman–Crippen MR) is 36.5 cm³/mol. The van der Waals surface area contributed by atoms with Crippen LogP contribution in [0.15, 0.2) is 22.9 Å². The number of fused-ring (bicyclic) bond motifs is 1. The molecule has 0 bridgehead atoms. The van der Waals surface area contributed by atoms with E-state index in [1.165, 1.54) is 0 Å². The lowest BCUT2D eigenvalue weighted by Crippen LogP contribution is -1.83. The first-order chi connectivity index (χ1) is 4.86. The number of furan rings is 1. The van der Waals surface area contributed by atoms with E-state index in [1.807, 2.05) is 13.0 Å². The van der Waals surface area contributed by atoms with Crippen molar-refractivity contribution in [2.24, 2.45) is 0 Å². The zero-order valence-electron chi connectivity index (χ0n) is 5.53. The van der Waals surface area contributed by atoms with Crippen LogP contribution >= 0.6 is 0 Å². The third kappa shape index (κ3) is 0.673. The summed E-state index contributed by atoms with van der Waals surface area (Å²) >= 11 is 0. The third-order valence-corrected chi connectivity index (χ3v) is 1.33. The molecule has 50 valence electrons. The number of nitrogens with zero attached hydrogens (tertiary/aromatic N) is 2. The van der Waals surface area contributed by atoms with Crippen LogP contribution in [0.3, 0.4) is 0 Å². The Morgan fingerprint density at radius 1 is 1.50 bits per heavy atom. The van der Waals surface area contributed by atoms with E-state index in [4.69, 9.17) is 4.42 Å². The molecular formula is C7H6N2O. The van der Waals surface area contributed by atoms with Crippen molar-refractivity contribution in [3.63, 3.8) is 0 Å². The quantitative estimate of drug-likeness (QED) is 0.548. The molecule has 0 aliphatic heterocycles. The average molecular weight is 134 g/mol. The molecule has 3 heteroatoms. The minimum absolute atomic E-state index is 0.660. The Labute approximate surface area is 57.7 Å². The van der Waals surface area contributed by atoms with E-state index in [0.29, 0.717) is 5.71 Å². The molecule has 0 spiro atoms. The van der Waals surface area contributed by atoms with Gasteiger partial charge in [0.15, 0.2) is 0 Å². The first-order valence-corrected chi connectivity index (χ1v) is 3.03. The minimum Gasteiger partial charge on any atom is -0.446 e. The summed E-state index contributed by atoms with van der Waals surface area (Å²) in [6.45, 7) is 1.84. The average Bonchev–Trinajstić information content (AvgIpc) is 2.33. The molecule has 3 nitrogen and oxygen atoms in total. The van der Waals surface area contributed by atoms with Gasteiger partial charge in [-0.3, -0.25) is 0 Å². The highest BCUT2D eigenvalue weighted by Gasteiger charge is 1.96. The molecule has 0 aromatic carbocycles. The summed E-state index contributed by atoms with van der Waals surface area (Å²) in [5.74, 6) is 0.738. The van der Waals surface area contributed by atoms with Gasteiger partial charge in [0.2, 0.25) is 5.71 Å². The molecule has 0 radical (unpaired) electrons. The van der Waals surface area contributed by atoms with Crippen LogP contribution in [0.2, 0.25) is 0 Å². The molecule has 0 amide bonds. The molecule has 2 heterocycles. The maximum atomic E-state index is 5.05. The van der Waals surface area contributed by atoms with Gasteiger partial charge >= 0.3 is 0 Å². The highest BCUT2D eigenvalue weighted by Crippen LogP contribution is 2.09. The fraction of sp³-hybridized carbons (Fsp3) is 0.143. The predicted octanol–water partition coefficient (Wildman–Crippen LogP) is 1.53. The molecule has 2 aromatic rings. The van der Waals surface area contributed by atoms with Gasteiger partial charge < -0.3 is 4.42 Å². The van der Waals surface area contributed by atoms with E-state index in [1.54, 1.807) is 12.5 Å². The lowest BCUT2D eigenvalue weighted by atomic mass is 10.4. The molecule has 10 heavy (non-hydrogen) atoms. The monoisotopic (exact) mass is 134 g/mol. The Bertz CT molecular complexity index is 353. The Hall–Kier alpha value is -1.38. The summed E-state index contributed by atoms with van der Waals surface area (Å²) in [5, 5.41) is 0.950. The topological polar surface area (TPSA) is 38.9 Å². The summed E-state index contributed by atoms with van der Waals surface area (Å²) in [4.78, 5) is 8.07. The van der Waals surface area contributed by atoms with E-state index in [9.17, 15) is 0 Å². The van der Waals surface area contributed by atoms with Crippen LogP contribution < -0.4 is 0 Å². The third-order valence-electron chi connectivity index (χ3n) is 1.33. The van der Waals surface area contributed by atoms with Gasteiger partial charge in [-0.1, -0.05) is 0 Å². The Morgan fingerprint density at radius 3 is 3.30 bits per heavy atom. The van der Waals surface area contributed by atoms with Gasteiger partial charge in [0.05, 0.1) is 11.6 Å². The zero-order valence-corrected chi connectivity index (χ0v) is 5.53. The van der Waals surface area contributed by atoms with Gasteiger partial charge in [-0.2, -0.15) is 4.98 Å². The molecule has 0 fully saturated rings. The summed E-state index contributed by atoms with van der Waals surface area (Å²) in [6.07, 6.45) is 3.36. The molecule has 0 atom stereocenters. The van der Waals surface area contributed by atoms with Gasteiger partial charge in [-0.15, -0.1) is 0 Å². The molecular weight excluding hydrogens is 128 g/mol. The van der Waals surface area contributed by atoms with Crippen molar-refractivity contribution in [1.29, 1.82) is 0 Å². The van der Waals surface area contributed by atoms with Crippen molar-refractivity contribution in [1.82, 2.24) is 9.97 Å². The highest BCUT2D eigenvalue weighted by molar-refractivity contribution is 5.71. The van der Waals surface area contributed by atoms with E-state index in [0.717, 1.165) is 11.2 Å². The molecule has 0 saturated heterocycles. The number of hydrogen-bond donors (Lipinski definition) is 0. The molecule has 2 rings (SSSR count). The van der Waals surface area contributed by atoms with Crippen LogP contribution in [0.4, 0.5) is 0 Å². The standard InChI is InChI=1S/C7H6N2O/c1-5-8-4-6-2-3-10-7(6)9-5/h2-4H,1H3. The Balaban J connectivity index is 2.86.